The number of nitrogens with zero attached hydrogens (tertiary/aromatic N) is 1. The molecule has 124 valence electrons. The monoisotopic (exact) mass is 352 g/mol. The first-order valence-corrected chi connectivity index (χ1v) is 8.50. The number of hydrogen-bond acceptors (Lipinski definition) is 3. The molecule has 1 aromatic carbocycles. The van der Waals surface area contributed by atoms with Crippen LogP contribution in [0.1, 0.15) is 29.0 Å². The van der Waals surface area contributed by atoms with Gasteiger partial charge in [-0.15, -0.1) is 11.3 Å². The van der Waals surface area contributed by atoms with Crippen molar-refractivity contribution in [1.82, 2.24) is 10.2 Å². The maximum absolute atomic E-state index is 12.4. The van der Waals surface area contributed by atoms with Crippen molar-refractivity contribution in [3.63, 3.8) is 0 Å². The topological polar surface area (TPSA) is 41.6 Å². The molecule has 0 saturated carbocycles. The van der Waals surface area contributed by atoms with E-state index in [4.69, 9.17) is 16.3 Å². The third-order valence-electron chi connectivity index (χ3n) is 3.56. The van der Waals surface area contributed by atoms with Gasteiger partial charge in [-0.1, -0.05) is 29.3 Å². The number of aryl methyl sites for hydroxylation is 1. The van der Waals surface area contributed by atoms with E-state index in [1.165, 1.54) is 11.3 Å². The van der Waals surface area contributed by atoms with E-state index < -0.39 is 0 Å². The largest absolute Gasteiger partial charge is 0.496 e. The Morgan fingerprint density at radius 1 is 1.39 bits per heavy atom. The number of hydrogen-bond donors (Lipinski definition) is 1. The number of halogens is 1. The summed E-state index contributed by atoms with van der Waals surface area (Å²) in [5, 5.41) is 3.00. The van der Waals surface area contributed by atoms with Gasteiger partial charge in [-0.3, -0.25) is 0 Å². The Balaban J connectivity index is 2.02. The molecule has 1 unspecified atom stereocenters. The van der Waals surface area contributed by atoms with Gasteiger partial charge in [-0.25, -0.2) is 4.79 Å². The first-order chi connectivity index (χ1) is 10.9. The number of rotatable bonds is 5. The summed E-state index contributed by atoms with van der Waals surface area (Å²) in [6.07, 6.45) is 0. The minimum Gasteiger partial charge on any atom is -0.496 e. The van der Waals surface area contributed by atoms with Crippen LogP contribution in [0.5, 0.6) is 5.75 Å². The molecule has 2 amide bonds. The van der Waals surface area contributed by atoms with Crippen LogP contribution in [-0.4, -0.2) is 25.1 Å². The summed E-state index contributed by atoms with van der Waals surface area (Å²) < 4.78 is 6.11. The highest BCUT2D eigenvalue weighted by atomic mass is 35.5. The second kappa shape index (κ2) is 7.70. The molecular weight excluding hydrogens is 332 g/mol. The molecule has 0 saturated heterocycles. The van der Waals surface area contributed by atoms with Gasteiger partial charge in [0.15, 0.2) is 0 Å². The van der Waals surface area contributed by atoms with E-state index in [0.29, 0.717) is 6.54 Å². The highest BCUT2D eigenvalue weighted by Crippen LogP contribution is 2.26. The molecule has 23 heavy (non-hydrogen) atoms. The van der Waals surface area contributed by atoms with Crippen LogP contribution in [-0.2, 0) is 6.54 Å². The van der Waals surface area contributed by atoms with Crippen molar-refractivity contribution in [2.24, 2.45) is 0 Å². The zero-order chi connectivity index (χ0) is 17.0. The zero-order valence-electron chi connectivity index (χ0n) is 13.7. The SMILES string of the molecule is COc1ccc(C)cc1C(C)NC(=O)N(C)Cc1ccc(Cl)s1. The Morgan fingerprint density at radius 3 is 2.74 bits per heavy atom. The van der Waals surface area contributed by atoms with Crippen molar-refractivity contribution in [2.75, 3.05) is 14.2 Å². The van der Waals surface area contributed by atoms with Crippen molar-refractivity contribution in [2.45, 2.75) is 26.4 Å². The highest BCUT2D eigenvalue weighted by molar-refractivity contribution is 7.16. The Bertz CT molecular complexity index is 687. The third-order valence-corrected chi connectivity index (χ3v) is 4.78. The van der Waals surface area contributed by atoms with E-state index >= 15 is 0 Å². The predicted octanol–water partition coefficient (Wildman–Crippen LogP) is 4.62. The molecule has 2 aromatic rings. The van der Waals surface area contributed by atoms with Crippen molar-refractivity contribution in [3.8, 4) is 5.75 Å². The van der Waals surface area contributed by atoms with Crippen LogP contribution in [0.2, 0.25) is 4.34 Å². The molecular formula is C17H21ClN2O2S. The van der Waals surface area contributed by atoms with Crippen LogP contribution in [0.4, 0.5) is 4.79 Å². The summed E-state index contributed by atoms with van der Waals surface area (Å²) in [5.41, 5.74) is 2.09. The van der Waals surface area contributed by atoms with Crippen molar-refractivity contribution in [3.05, 3.63) is 50.7 Å². The molecule has 1 atom stereocenters. The van der Waals surface area contributed by atoms with Crippen molar-refractivity contribution >= 4 is 29.0 Å². The van der Waals surface area contributed by atoms with E-state index in [1.807, 2.05) is 44.2 Å². The molecule has 1 aromatic heterocycles. The number of thiophene rings is 1. The lowest BCUT2D eigenvalue weighted by Crippen LogP contribution is -2.38. The molecule has 0 bridgehead atoms. The van der Waals surface area contributed by atoms with Crippen LogP contribution in [0.25, 0.3) is 0 Å². The molecule has 0 spiro atoms. The first kappa shape index (κ1) is 17.6. The molecule has 1 heterocycles. The summed E-state index contributed by atoms with van der Waals surface area (Å²) in [6.45, 7) is 4.50. The van der Waals surface area contributed by atoms with Gasteiger partial charge in [-0.05, 0) is 32.0 Å². The average Bonchev–Trinajstić information content (AvgIpc) is 2.92. The van der Waals surface area contributed by atoms with Gasteiger partial charge in [0.1, 0.15) is 5.75 Å². The number of nitrogens with one attached hydrogen (secondary N) is 1. The third kappa shape index (κ3) is 4.62. The Morgan fingerprint density at radius 2 is 2.13 bits per heavy atom. The van der Waals surface area contributed by atoms with Gasteiger partial charge < -0.3 is 15.0 Å². The maximum Gasteiger partial charge on any atom is 0.317 e. The molecule has 0 aliphatic carbocycles. The standard InChI is InChI=1S/C17H21ClN2O2S/c1-11-5-7-15(22-4)14(9-11)12(2)19-17(21)20(3)10-13-6-8-16(18)23-13/h5-9,12H,10H2,1-4H3,(H,19,21). The Labute approximate surface area is 146 Å². The molecule has 0 aliphatic heterocycles. The predicted molar refractivity (Wildman–Crippen MR) is 95.5 cm³/mol. The van der Waals surface area contributed by atoms with Gasteiger partial charge in [0, 0.05) is 17.5 Å². The van der Waals surface area contributed by atoms with E-state index in [1.54, 1.807) is 19.1 Å². The normalized spacial score (nSPS) is 11.9. The second-order valence-electron chi connectivity index (χ2n) is 5.48. The zero-order valence-corrected chi connectivity index (χ0v) is 15.3. The van der Waals surface area contributed by atoms with Gasteiger partial charge in [0.2, 0.25) is 0 Å². The quantitative estimate of drug-likeness (QED) is 0.852. The number of urea groups is 1. The fourth-order valence-electron chi connectivity index (χ4n) is 2.31. The molecule has 2 rings (SSSR count). The second-order valence-corrected chi connectivity index (χ2v) is 7.28. The fourth-order valence-corrected chi connectivity index (χ4v) is 3.45. The van der Waals surface area contributed by atoms with Crippen molar-refractivity contribution in [1.29, 1.82) is 0 Å². The van der Waals surface area contributed by atoms with Gasteiger partial charge in [0.05, 0.1) is 24.0 Å². The smallest absolute Gasteiger partial charge is 0.317 e. The minimum atomic E-state index is -0.147. The lowest BCUT2D eigenvalue weighted by atomic mass is 10.0. The average molecular weight is 353 g/mol. The van der Waals surface area contributed by atoms with E-state index in [9.17, 15) is 4.79 Å². The molecule has 0 radical (unpaired) electrons. The fraction of sp³-hybridized carbons (Fsp3) is 0.353. The van der Waals surface area contributed by atoms with Crippen LogP contribution >= 0.6 is 22.9 Å². The number of amides is 2. The number of carbonyl (C=O) groups excluding carboxylic acids is 1. The molecule has 6 heteroatoms. The number of benzene rings is 1. The summed E-state index contributed by atoms with van der Waals surface area (Å²) >= 11 is 7.40. The number of carbonyl (C=O) groups is 1. The minimum absolute atomic E-state index is 0.134. The maximum atomic E-state index is 12.4. The van der Waals surface area contributed by atoms with E-state index in [2.05, 4.69) is 5.32 Å². The number of methoxy groups -OCH3 is 1. The summed E-state index contributed by atoms with van der Waals surface area (Å²) in [6, 6.07) is 9.44. The van der Waals surface area contributed by atoms with Gasteiger partial charge in [-0.2, -0.15) is 0 Å². The lowest BCUT2D eigenvalue weighted by molar-refractivity contribution is 0.203. The van der Waals surface area contributed by atoms with Crippen LogP contribution in [0, 0.1) is 6.92 Å². The molecule has 1 N–H and O–H groups in total. The number of ether oxygens (including phenoxy) is 1. The van der Waals surface area contributed by atoms with Gasteiger partial charge in [0.25, 0.3) is 0 Å². The van der Waals surface area contributed by atoms with Gasteiger partial charge >= 0.3 is 6.03 Å². The summed E-state index contributed by atoms with van der Waals surface area (Å²) in [4.78, 5) is 15.1. The summed E-state index contributed by atoms with van der Waals surface area (Å²) in [5.74, 6) is 0.774. The van der Waals surface area contributed by atoms with Crippen LogP contribution in [0.15, 0.2) is 30.3 Å². The summed E-state index contributed by atoms with van der Waals surface area (Å²) in [7, 11) is 3.40. The van der Waals surface area contributed by atoms with E-state index in [-0.39, 0.29) is 12.1 Å². The molecule has 0 fully saturated rings. The van der Waals surface area contributed by atoms with E-state index in [0.717, 1.165) is 26.1 Å². The molecule has 4 nitrogen and oxygen atoms in total. The van der Waals surface area contributed by atoms with Crippen LogP contribution < -0.4 is 10.1 Å². The Hall–Kier alpha value is -1.72. The highest BCUT2D eigenvalue weighted by Gasteiger charge is 2.17. The Kier molecular flexibility index (Phi) is 5.91. The van der Waals surface area contributed by atoms with Crippen LogP contribution in [0.3, 0.4) is 0 Å². The van der Waals surface area contributed by atoms with Crippen molar-refractivity contribution < 1.29 is 9.53 Å². The lowest BCUT2D eigenvalue weighted by Gasteiger charge is -2.22. The molecule has 0 aliphatic rings. The first-order valence-electron chi connectivity index (χ1n) is 7.31.